The Morgan fingerprint density at radius 2 is 2.07 bits per heavy atom. The summed E-state index contributed by atoms with van der Waals surface area (Å²) in [6.07, 6.45) is 6.79. The summed E-state index contributed by atoms with van der Waals surface area (Å²) in [5.74, 6) is 2.10. The van der Waals surface area contributed by atoms with Crippen LogP contribution in [0, 0.1) is 18.3 Å². The normalized spacial score (nSPS) is 19.4. The van der Waals surface area contributed by atoms with E-state index in [0.29, 0.717) is 18.6 Å². The molecule has 0 radical (unpaired) electrons. The molecule has 0 saturated heterocycles. The van der Waals surface area contributed by atoms with Crippen LogP contribution in [0.25, 0.3) is 0 Å². The van der Waals surface area contributed by atoms with Gasteiger partial charge in [0.15, 0.2) is 3.79 Å². The van der Waals surface area contributed by atoms with E-state index >= 15 is 0 Å². The van der Waals surface area contributed by atoms with Gasteiger partial charge in [-0.25, -0.2) is 0 Å². The minimum Gasteiger partial charge on any atom is -0.499 e. The first-order chi connectivity index (χ1) is 13.0. The van der Waals surface area contributed by atoms with Crippen molar-refractivity contribution in [2.75, 3.05) is 7.11 Å². The summed E-state index contributed by atoms with van der Waals surface area (Å²) >= 11 is 17.5. The summed E-state index contributed by atoms with van der Waals surface area (Å²) in [6.45, 7) is 3.97. The van der Waals surface area contributed by atoms with E-state index in [4.69, 9.17) is 46.0 Å². The summed E-state index contributed by atoms with van der Waals surface area (Å²) in [4.78, 5) is 26.9. The number of methoxy groups -OCH3 is 1. The monoisotopic (exact) mass is 452 g/mol. The van der Waals surface area contributed by atoms with Gasteiger partial charge in [-0.2, -0.15) is 0 Å². The Morgan fingerprint density at radius 1 is 1.43 bits per heavy atom. The molecule has 1 unspecified atom stereocenters. The van der Waals surface area contributed by atoms with E-state index in [0.717, 1.165) is 4.90 Å². The molecule has 3 atom stereocenters. The largest absolute Gasteiger partial charge is 0.499 e. The lowest BCUT2D eigenvalue weighted by Gasteiger charge is -2.31. The van der Waals surface area contributed by atoms with E-state index in [2.05, 4.69) is 11.2 Å². The van der Waals surface area contributed by atoms with Crippen LogP contribution < -0.4 is 5.32 Å². The molecule has 0 aromatic carbocycles. The molecule has 0 spiro atoms. The highest BCUT2D eigenvalue weighted by atomic mass is 35.6. The average Bonchev–Trinajstić information content (AvgIpc) is 2.89. The van der Waals surface area contributed by atoms with Gasteiger partial charge in [0, 0.05) is 12.5 Å². The number of carbonyl (C=O) groups is 2. The number of carbonyl (C=O) groups excluding carboxylic acids is 2. The number of halogens is 3. The first-order valence-corrected chi connectivity index (χ1v) is 10.2. The Bertz CT molecular complexity index is 626. The third kappa shape index (κ3) is 7.81. The van der Waals surface area contributed by atoms with E-state index in [1.165, 1.54) is 13.2 Å². The number of aliphatic hydroxyl groups is 1. The van der Waals surface area contributed by atoms with Gasteiger partial charge in [0.25, 0.3) is 5.91 Å². The molecule has 1 aliphatic rings. The molecular weight excluding hydrogens is 427 g/mol. The smallest absolute Gasteiger partial charge is 0.257 e. The molecular formula is C19H27Cl3N2O4. The minimum absolute atomic E-state index is 0.0599. The average molecular weight is 454 g/mol. The molecule has 1 aliphatic heterocycles. The van der Waals surface area contributed by atoms with Crippen LogP contribution in [0.5, 0.6) is 0 Å². The number of ether oxygens (including phenoxy) is 1. The number of nitrogens with one attached hydrogen (secondary N) is 1. The zero-order valence-corrected chi connectivity index (χ0v) is 18.5. The van der Waals surface area contributed by atoms with Crippen molar-refractivity contribution in [3.8, 4) is 12.3 Å². The Hall–Kier alpha value is -0.970. The standard InChI is InChI=1S/C19H27Cl3N2O4/c1-5-6-7-16(25)23-13(8-9-19(20,21)22)18(27)24-14(10-12(2)3)15(28-4)11-17(24)26/h1,11-14,16,23,25H,6-10H2,2-4H3/t13-,14-,16?/m1/s1. The Morgan fingerprint density at radius 3 is 2.57 bits per heavy atom. The van der Waals surface area contributed by atoms with E-state index in [1.807, 2.05) is 13.8 Å². The maximum Gasteiger partial charge on any atom is 0.257 e. The maximum absolute atomic E-state index is 13.2. The van der Waals surface area contributed by atoms with E-state index in [1.54, 1.807) is 0 Å². The number of hydrogen-bond acceptors (Lipinski definition) is 5. The van der Waals surface area contributed by atoms with Crippen LogP contribution in [0.3, 0.4) is 0 Å². The topological polar surface area (TPSA) is 78.9 Å². The molecule has 6 nitrogen and oxygen atoms in total. The van der Waals surface area contributed by atoms with Gasteiger partial charge in [0.1, 0.15) is 12.0 Å². The van der Waals surface area contributed by atoms with Crippen LogP contribution in [-0.4, -0.2) is 51.0 Å². The first-order valence-electron chi connectivity index (χ1n) is 9.07. The van der Waals surface area contributed by atoms with Gasteiger partial charge in [-0.05, 0) is 31.6 Å². The Kier molecular flexibility index (Phi) is 10.1. The number of hydrogen-bond donors (Lipinski definition) is 2. The third-order valence-corrected chi connectivity index (χ3v) is 4.85. The molecule has 9 heteroatoms. The van der Waals surface area contributed by atoms with Gasteiger partial charge in [0.2, 0.25) is 5.91 Å². The van der Waals surface area contributed by atoms with Crippen LogP contribution in [-0.2, 0) is 14.3 Å². The van der Waals surface area contributed by atoms with Crippen molar-refractivity contribution in [2.24, 2.45) is 5.92 Å². The van der Waals surface area contributed by atoms with Gasteiger partial charge in [0.05, 0.1) is 19.2 Å². The van der Waals surface area contributed by atoms with Crippen molar-refractivity contribution in [1.82, 2.24) is 10.2 Å². The second-order valence-corrected chi connectivity index (χ2v) is 9.59. The fraction of sp³-hybridized carbons (Fsp3) is 0.684. The molecule has 2 N–H and O–H groups in total. The van der Waals surface area contributed by atoms with Crippen LogP contribution in [0.4, 0.5) is 0 Å². The van der Waals surface area contributed by atoms with Crippen molar-refractivity contribution in [3.05, 3.63) is 11.8 Å². The van der Waals surface area contributed by atoms with E-state index in [-0.39, 0.29) is 25.2 Å². The molecule has 2 amide bonds. The summed E-state index contributed by atoms with van der Waals surface area (Å²) in [5.41, 5.74) is 0. The predicted molar refractivity (Wildman–Crippen MR) is 111 cm³/mol. The van der Waals surface area contributed by atoms with E-state index in [9.17, 15) is 14.7 Å². The number of imide groups is 1. The quantitative estimate of drug-likeness (QED) is 0.302. The van der Waals surface area contributed by atoms with Gasteiger partial charge in [-0.1, -0.05) is 48.7 Å². The maximum atomic E-state index is 13.2. The lowest BCUT2D eigenvalue weighted by molar-refractivity contribution is -0.145. The fourth-order valence-corrected chi connectivity index (χ4v) is 3.31. The molecule has 28 heavy (non-hydrogen) atoms. The second kappa shape index (κ2) is 11.3. The molecule has 0 saturated carbocycles. The molecule has 0 aromatic heterocycles. The highest BCUT2D eigenvalue weighted by Crippen LogP contribution is 2.33. The van der Waals surface area contributed by atoms with Gasteiger partial charge < -0.3 is 9.84 Å². The minimum atomic E-state index is -1.56. The lowest BCUT2D eigenvalue weighted by Crippen LogP contribution is -2.53. The highest BCUT2D eigenvalue weighted by Gasteiger charge is 2.41. The zero-order valence-electron chi connectivity index (χ0n) is 16.3. The van der Waals surface area contributed by atoms with Crippen LogP contribution in [0.15, 0.2) is 11.8 Å². The van der Waals surface area contributed by atoms with Crippen molar-refractivity contribution < 1.29 is 19.4 Å². The number of aliphatic hydroxyl groups excluding tert-OH is 1. The summed E-state index contributed by atoms with van der Waals surface area (Å²) < 4.78 is 3.73. The summed E-state index contributed by atoms with van der Waals surface area (Å²) in [6, 6.07) is -1.43. The number of nitrogens with zero attached hydrogens (tertiary/aromatic N) is 1. The molecule has 1 heterocycles. The van der Waals surface area contributed by atoms with Crippen molar-refractivity contribution in [1.29, 1.82) is 0 Å². The van der Waals surface area contributed by atoms with Crippen molar-refractivity contribution in [3.63, 3.8) is 0 Å². The Labute approximate surface area is 181 Å². The number of amides is 2. The molecule has 158 valence electrons. The van der Waals surface area contributed by atoms with Gasteiger partial charge >= 0.3 is 0 Å². The van der Waals surface area contributed by atoms with E-state index < -0.39 is 33.9 Å². The number of terminal acetylenes is 1. The van der Waals surface area contributed by atoms with Gasteiger partial charge in [-0.15, -0.1) is 12.3 Å². The van der Waals surface area contributed by atoms with Crippen molar-refractivity contribution >= 4 is 46.6 Å². The lowest BCUT2D eigenvalue weighted by atomic mass is 10.0. The van der Waals surface area contributed by atoms with Crippen LogP contribution >= 0.6 is 34.8 Å². The zero-order chi connectivity index (χ0) is 21.5. The summed E-state index contributed by atoms with van der Waals surface area (Å²) in [7, 11) is 1.46. The number of alkyl halides is 3. The van der Waals surface area contributed by atoms with Crippen LogP contribution in [0.2, 0.25) is 0 Å². The molecule has 0 aliphatic carbocycles. The molecule has 0 fully saturated rings. The fourth-order valence-electron chi connectivity index (χ4n) is 2.98. The number of rotatable bonds is 10. The summed E-state index contributed by atoms with van der Waals surface area (Å²) in [5, 5.41) is 13.0. The molecule has 1 rings (SSSR count). The van der Waals surface area contributed by atoms with Crippen LogP contribution in [0.1, 0.15) is 46.0 Å². The van der Waals surface area contributed by atoms with Crippen molar-refractivity contribution in [2.45, 2.75) is 68.1 Å². The SMILES string of the molecule is C#CCCC(O)N[C@H](CCC(Cl)(Cl)Cl)C(=O)N1C(=O)C=C(OC)[C@H]1CC(C)C. The highest BCUT2D eigenvalue weighted by molar-refractivity contribution is 6.67. The predicted octanol–water partition coefficient (Wildman–Crippen LogP) is 3.14. The third-order valence-electron chi connectivity index (χ3n) is 4.28. The van der Waals surface area contributed by atoms with Gasteiger partial charge in [-0.3, -0.25) is 19.8 Å². The first kappa shape index (κ1) is 25.1. The Balaban J connectivity index is 3.04. The second-order valence-electron chi connectivity index (χ2n) is 7.07. The molecule has 0 aromatic rings. The molecule has 0 bridgehead atoms.